The fraction of sp³-hybridized carbons (Fsp3) is 0.345. The van der Waals surface area contributed by atoms with E-state index in [1.807, 2.05) is 60.7 Å². The third-order valence-corrected chi connectivity index (χ3v) is 6.64. The van der Waals surface area contributed by atoms with E-state index in [-0.39, 0.29) is 37.5 Å². The van der Waals surface area contributed by atoms with Gasteiger partial charge in [0.15, 0.2) is 0 Å². The van der Waals surface area contributed by atoms with Gasteiger partial charge < -0.3 is 24.6 Å². The molecule has 208 valence electrons. The van der Waals surface area contributed by atoms with Crippen molar-refractivity contribution < 1.29 is 37.3 Å². The second kappa shape index (κ2) is 12.9. The number of carbonyl (C=O) groups is 1. The van der Waals surface area contributed by atoms with Gasteiger partial charge in [0.2, 0.25) is 0 Å². The number of aliphatic hydroxyl groups excluding tert-OH is 1. The first-order valence-corrected chi connectivity index (χ1v) is 12.6. The van der Waals surface area contributed by atoms with E-state index in [2.05, 4.69) is 10.1 Å². The monoisotopic (exact) mass is 544 g/mol. The van der Waals surface area contributed by atoms with Gasteiger partial charge in [-0.3, -0.25) is 4.90 Å². The van der Waals surface area contributed by atoms with Crippen LogP contribution in [0.3, 0.4) is 0 Å². The first-order chi connectivity index (χ1) is 18.8. The molecule has 1 aliphatic heterocycles. The zero-order valence-electron chi connectivity index (χ0n) is 21.4. The van der Waals surface area contributed by atoms with Gasteiger partial charge in [0.05, 0.1) is 13.2 Å². The third-order valence-electron chi connectivity index (χ3n) is 6.64. The van der Waals surface area contributed by atoms with Crippen LogP contribution in [-0.2, 0) is 17.9 Å². The number of hydrogen-bond donors (Lipinski definition) is 2. The van der Waals surface area contributed by atoms with Gasteiger partial charge in [0, 0.05) is 37.2 Å². The molecule has 1 heterocycles. The van der Waals surface area contributed by atoms with Crippen LogP contribution >= 0.6 is 0 Å². The lowest BCUT2D eigenvalue weighted by Gasteiger charge is -2.44. The molecular formula is C29H31F3N2O5. The maximum Gasteiger partial charge on any atom is 0.573 e. The van der Waals surface area contributed by atoms with E-state index in [4.69, 9.17) is 9.47 Å². The fourth-order valence-electron chi connectivity index (χ4n) is 4.88. The number of hydrogen-bond acceptors (Lipinski definition) is 6. The average molecular weight is 545 g/mol. The molecule has 3 atom stereocenters. The molecule has 0 aromatic heterocycles. The maximum absolute atomic E-state index is 13.4. The van der Waals surface area contributed by atoms with Gasteiger partial charge in [0.25, 0.3) is 0 Å². The number of halogens is 3. The Labute approximate surface area is 225 Å². The van der Waals surface area contributed by atoms with Gasteiger partial charge >= 0.3 is 12.5 Å². The topological polar surface area (TPSA) is 80.3 Å². The van der Waals surface area contributed by atoms with Crippen LogP contribution in [0.25, 0.3) is 0 Å². The summed E-state index contributed by atoms with van der Waals surface area (Å²) in [5.74, 6) is -0.196. The number of alkyl halides is 3. The van der Waals surface area contributed by atoms with Crippen LogP contribution in [0.2, 0.25) is 0 Å². The Hall–Kier alpha value is -3.76. The molecule has 1 saturated heterocycles. The molecule has 3 aromatic rings. The lowest BCUT2D eigenvalue weighted by atomic mass is 9.85. The molecule has 3 aromatic carbocycles. The summed E-state index contributed by atoms with van der Waals surface area (Å²) in [6.45, 7) is 0.389. The van der Waals surface area contributed by atoms with Crippen molar-refractivity contribution in [3.05, 3.63) is 95.6 Å². The van der Waals surface area contributed by atoms with Gasteiger partial charge in [0.1, 0.15) is 18.1 Å². The highest BCUT2D eigenvalue weighted by Gasteiger charge is 2.40. The number of likely N-dealkylation sites (tertiary alicyclic amines) is 1. The fourth-order valence-corrected chi connectivity index (χ4v) is 4.88. The molecular weight excluding hydrogens is 513 g/mol. The molecule has 7 nitrogen and oxygen atoms in total. The molecule has 0 radical (unpaired) electrons. The molecule has 0 saturated carbocycles. The number of nitrogens with zero attached hydrogens (tertiary/aromatic N) is 1. The summed E-state index contributed by atoms with van der Waals surface area (Å²) >= 11 is 0. The van der Waals surface area contributed by atoms with Crippen molar-refractivity contribution >= 4 is 6.09 Å². The van der Waals surface area contributed by atoms with Crippen LogP contribution in [0.5, 0.6) is 11.5 Å². The van der Waals surface area contributed by atoms with E-state index < -0.39 is 18.5 Å². The normalized spacial score (nSPS) is 19.4. The molecule has 0 spiro atoms. The SMILES string of the molecule is COc1ccc(OC(F)(F)F)cc1CN[C@@H]1C[C@H](CO)CN(C(=O)OCc2ccccc2)[C@H]1c1ccccc1. The minimum atomic E-state index is -4.82. The van der Waals surface area contributed by atoms with Crippen LogP contribution in [0.15, 0.2) is 78.9 Å². The largest absolute Gasteiger partial charge is 0.573 e. The van der Waals surface area contributed by atoms with Crippen molar-refractivity contribution in [2.75, 3.05) is 20.3 Å². The number of aliphatic hydroxyl groups is 1. The Bertz CT molecular complexity index is 1210. The van der Waals surface area contributed by atoms with Crippen LogP contribution in [0, 0.1) is 5.92 Å². The summed E-state index contributed by atoms with van der Waals surface area (Å²) in [5, 5.41) is 13.4. The Kier molecular flexibility index (Phi) is 9.32. The first-order valence-electron chi connectivity index (χ1n) is 12.6. The Morgan fingerprint density at radius 1 is 1.05 bits per heavy atom. The predicted octanol–water partition coefficient (Wildman–Crippen LogP) is 5.44. The van der Waals surface area contributed by atoms with Crippen LogP contribution < -0.4 is 14.8 Å². The molecule has 4 rings (SSSR count). The average Bonchev–Trinajstić information content (AvgIpc) is 2.94. The highest BCUT2D eigenvalue weighted by atomic mass is 19.4. The lowest BCUT2D eigenvalue weighted by Crippen LogP contribution is -2.54. The van der Waals surface area contributed by atoms with E-state index in [9.17, 15) is 23.1 Å². The number of carbonyl (C=O) groups excluding carboxylic acids is 1. The van der Waals surface area contributed by atoms with E-state index in [0.717, 1.165) is 11.1 Å². The van der Waals surface area contributed by atoms with Crippen molar-refractivity contribution in [1.29, 1.82) is 0 Å². The van der Waals surface area contributed by atoms with Crippen molar-refractivity contribution in [3.63, 3.8) is 0 Å². The summed E-state index contributed by atoms with van der Waals surface area (Å²) in [6, 6.07) is 21.9. The van der Waals surface area contributed by atoms with E-state index in [1.54, 1.807) is 4.90 Å². The number of piperidine rings is 1. The molecule has 0 bridgehead atoms. The Morgan fingerprint density at radius 2 is 1.74 bits per heavy atom. The quantitative estimate of drug-likeness (QED) is 0.373. The summed E-state index contributed by atoms with van der Waals surface area (Å²) in [7, 11) is 1.43. The highest BCUT2D eigenvalue weighted by molar-refractivity contribution is 5.69. The molecule has 0 aliphatic carbocycles. The van der Waals surface area contributed by atoms with Gasteiger partial charge in [-0.05, 0) is 35.7 Å². The van der Waals surface area contributed by atoms with Crippen LogP contribution in [0.1, 0.15) is 29.2 Å². The predicted molar refractivity (Wildman–Crippen MR) is 138 cm³/mol. The first kappa shape index (κ1) is 28.3. The van der Waals surface area contributed by atoms with Crippen LogP contribution in [0.4, 0.5) is 18.0 Å². The number of methoxy groups -OCH3 is 1. The third kappa shape index (κ3) is 7.64. The number of amides is 1. The van der Waals surface area contributed by atoms with Crippen molar-refractivity contribution in [1.82, 2.24) is 10.2 Å². The minimum absolute atomic E-state index is 0.1000. The van der Waals surface area contributed by atoms with E-state index in [0.29, 0.717) is 24.3 Å². The molecule has 1 aliphatic rings. The molecule has 2 N–H and O–H groups in total. The molecule has 0 unspecified atom stereocenters. The second-order valence-electron chi connectivity index (χ2n) is 9.34. The molecule has 10 heteroatoms. The van der Waals surface area contributed by atoms with E-state index in [1.165, 1.54) is 25.3 Å². The molecule has 1 fully saturated rings. The van der Waals surface area contributed by atoms with Crippen LogP contribution in [-0.4, -0.2) is 48.8 Å². The number of nitrogens with one attached hydrogen (secondary N) is 1. The zero-order chi connectivity index (χ0) is 27.8. The highest BCUT2D eigenvalue weighted by Crippen LogP contribution is 2.35. The van der Waals surface area contributed by atoms with Crippen molar-refractivity contribution in [2.45, 2.75) is 38.0 Å². The maximum atomic E-state index is 13.4. The Balaban J connectivity index is 1.58. The van der Waals surface area contributed by atoms with Crippen molar-refractivity contribution in [2.24, 2.45) is 5.92 Å². The number of ether oxygens (including phenoxy) is 3. The van der Waals surface area contributed by atoms with Gasteiger partial charge in [-0.25, -0.2) is 4.79 Å². The molecule has 39 heavy (non-hydrogen) atoms. The lowest BCUT2D eigenvalue weighted by molar-refractivity contribution is -0.274. The van der Waals surface area contributed by atoms with E-state index >= 15 is 0 Å². The second-order valence-corrected chi connectivity index (χ2v) is 9.34. The summed E-state index contributed by atoms with van der Waals surface area (Å²) < 4.78 is 53.5. The van der Waals surface area contributed by atoms with Gasteiger partial charge in [-0.2, -0.15) is 0 Å². The summed E-state index contributed by atoms with van der Waals surface area (Å²) in [5.41, 5.74) is 2.17. The smallest absolute Gasteiger partial charge is 0.496 e. The number of benzene rings is 3. The Morgan fingerprint density at radius 3 is 2.38 bits per heavy atom. The van der Waals surface area contributed by atoms with Gasteiger partial charge in [-0.15, -0.1) is 13.2 Å². The summed E-state index contributed by atoms with van der Waals surface area (Å²) in [6.07, 6.45) is -4.81. The minimum Gasteiger partial charge on any atom is -0.496 e. The van der Waals surface area contributed by atoms with Crippen molar-refractivity contribution in [3.8, 4) is 11.5 Å². The molecule has 1 amide bonds. The summed E-state index contributed by atoms with van der Waals surface area (Å²) in [4.78, 5) is 15.0. The number of rotatable bonds is 9. The zero-order valence-corrected chi connectivity index (χ0v) is 21.4. The van der Waals surface area contributed by atoms with Gasteiger partial charge in [-0.1, -0.05) is 60.7 Å². The standard InChI is InChI=1S/C29H31F3N2O5/c1-37-26-13-12-24(39-29(30,31)32)15-23(26)16-33-25-14-21(18-35)17-34(27(25)22-10-6-3-7-11-22)28(36)38-19-20-8-4-2-5-9-20/h2-13,15,21,25,27,33,35H,14,16-19H2,1H3/t21-,25+,27-/m0/s1.